The molecule has 0 fully saturated rings. The molecular weight excluding hydrogens is 296 g/mol. The van der Waals surface area contributed by atoms with Crippen molar-refractivity contribution in [3.05, 3.63) is 41.9 Å². The molecule has 112 valence electrons. The van der Waals surface area contributed by atoms with Crippen LogP contribution in [0.5, 0.6) is 0 Å². The number of esters is 1. The lowest BCUT2D eigenvalue weighted by Crippen LogP contribution is -2.16. The lowest BCUT2D eigenvalue weighted by atomic mass is 10.2. The summed E-state index contributed by atoms with van der Waals surface area (Å²) < 4.78 is 6.13. The third-order valence-electron chi connectivity index (χ3n) is 2.66. The van der Waals surface area contributed by atoms with Crippen molar-refractivity contribution in [2.75, 3.05) is 18.2 Å². The fourth-order valence-electron chi connectivity index (χ4n) is 1.70. The van der Waals surface area contributed by atoms with E-state index in [1.807, 2.05) is 0 Å². The van der Waals surface area contributed by atoms with E-state index in [0.717, 1.165) is 0 Å². The summed E-state index contributed by atoms with van der Waals surface area (Å²) in [5, 5.41) is 2.67. The highest BCUT2D eigenvalue weighted by atomic mass is 35.5. The quantitative estimate of drug-likeness (QED) is 0.836. The minimum atomic E-state index is -0.431. The number of aromatic nitrogens is 2. The van der Waals surface area contributed by atoms with Crippen LogP contribution < -0.4 is 11.1 Å². The van der Waals surface area contributed by atoms with Crippen molar-refractivity contribution in [3.8, 4) is 0 Å². The van der Waals surface area contributed by atoms with E-state index in [4.69, 9.17) is 5.73 Å². The molecular formula is C13H15ClN4O3. The minimum absolute atomic E-state index is 0. The van der Waals surface area contributed by atoms with E-state index < -0.39 is 5.97 Å². The number of hydrogen-bond acceptors (Lipinski definition) is 5. The zero-order chi connectivity index (χ0) is 14.7. The number of carbonyl (C=O) groups is 2. The number of rotatable bonds is 3. The number of imidazole rings is 1. The Kier molecular flexibility index (Phi) is 5.31. The predicted octanol–water partition coefficient (Wildman–Crippen LogP) is 1.46. The number of benzene rings is 1. The SMILES string of the molecule is COC(=O)c1ccc(NC(=O)c2nc(N)cn2C)cc1.Cl. The summed E-state index contributed by atoms with van der Waals surface area (Å²) in [5.41, 5.74) is 6.47. The lowest BCUT2D eigenvalue weighted by molar-refractivity contribution is 0.0600. The number of carbonyl (C=O) groups excluding carboxylic acids is 2. The van der Waals surface area contributed by atoms with Gasteiger partial charge in [0.05, 0.1) is 12.7 Å². The summed E-state index contributed by atoms with van der Waals surface area (Å²) in [4.78, 5) is 27.2. The van der Waals surface area contributed by atoms with Gasteiger partial charge in [-0.15, -0.1) is 12.4 Å². The number of nitrogens with zero attached hydrogens (tertiary/aromatic N) is 2. The van der Waals surface area contributed by atoms with E-state index in [1.54, 1.807) is 37.5 Å². The molecule has 1 aromatic heterocycles. The second-order valence-electron chi connectivity index (χ2n) is 4.12. The maximum absolute atomic E-state index is 12.0. The van der Waals surface area contributed by atoms with Crippen molar-refractivity contribution in [1.29, 1.82) is 0 Å². The number of anilines is 2. The highest BCUT2D eigenvalue weighted by Gasteiger charge is 2.13. The Morgan fingerprint density at radius 3 is 2.38 bits per heavy atom. The van der Waals surface area contributed by atoms with Gasteiger partial charge in [0.2, 0.25) is 5.82 Å². The van der Waals surface area contributed by atoms with E-state index in [2.05, 4.69) is 15.0 Å². The zero-order valence-electron chi connectivity index (χ0n) is 11.5. The summed E-state index contributed by atoms with van der Waals surface area (Å²) >= 11 is 0. The predicted molar refractivity (Wildman–Crippen MR) is 80.6 cm³/mol. The third kappa shape index (κ3) is 3.73. The average Bonchev–Trinajstić information content (AvgIpc) is 2.78. The van der Waals surface area contributed by atoms with Crippen LogP contribution in [0.15, 0.2) is 30.5 Å². The molecule has 8 heteroatoms. The Morgan fingerprint density at radius 2 is 1.90 bits per heavy atom. The number of nitrogens with two attached hydrogens (primary N) is 1. The number of aryl methyl sites for hydroxylation is 1. The van der Waals surface area contributed by atoms with Gasteiger partial charge in [0, 0.05) is 18.9 Å². The number of ether oxygens (including phenoxy) is 1. The van der Waals surface area contributed by atoms with Crippen molar-refractivity contribution in [3.63, 3.8) is 0 Å². The molecule has 1 heterocycles. The molecule has 1 aromatic carbocycles. The molecule has 0 saturated heterocycles. The molecule has 0 bridgehead atoms. The number of halogens is 1. The monoisotopic (exact) mass is 310 g/mol. The first kappa shape index (κ1) is 16.5. The minimum Gasteiger partial charge on any atom is -0.465 e. The van der Waals surface area contributed by atoms with Crippen LogP contribution in [-0.2, 0) is 11.8 Å². The van der Waals surface area contributed by atoms with E-state index in [9.17, 15) is 9.59 Å². The first-order valence-electron chi connectivity index (χ1n) is 5.80. The number of amides is 1. The Hall–Kier alpha value is -2.54. The third-order valence-corrected chi connectivity index (χ3v) is 2.66. The summed E-state index contributed by atoms with van der Waals surface area (Å²) in [5.74, 6) is -0.326. The van der Waals surface area contributed by atoms with Crippen LogP contribution in [0.2, 0.25) is 0 Å². The molecule has 2 rings (SSSR count). The molecule has 0 radical (unpaired) electrons. The van der Waals surface area contributed by atoms with E-state index >= 15 is 0 Å². The number of nitrogen functional groups attached to an aromatic ring is 1. The number of hydrogen-bond donors (Lipinski definition) is 2. The maximum Gasteiger partial charge on any atom is 0.337 e. The van der Waals surface area contributed by atoms with Gasteiger partial charge in [0.15, 0.2) is 0 Å². The lowest BCUT2D eigenvalue weighted by Gasteiger charge is -2.05. The normalized spacial score (nSPS) is 9.62. The molecule has 0 aliphatic rings. The Balaban J connectivity index is 0.00000220. The fourth-order valence-corrected chi connectivity index (χ4v) is 1.70. The first-order valence-corrected chi connectivity index (χ1v) is 5.80. The number of methoxy groups -OCH3 is 1. The van der Waals surface area contributed by atoms with Gasteiger partial charge in [-0.2, -0.15) is 0 Å². The molecule has 0 aliphatic carbocycles. The largest absolute Gasteiger partial charge is 0.465 e. The van der Waals surface area contributed by atoms with Crippen molar-refractivity contribution in [2.24, 2.45) is 7.05 Å². The van der Waals surface area contributed by atoms with Crippen LogP contribution in [0.1, 0.15) is 21.0 Å². The van der Waals surface area contributed by atoms with Crippen LogP contribution in [0.4, 0.5) is 11.5 Å². The van der Waals surface area contributed by atoms with E-state index in [1.165, 1.54) is 11.7 Å². The van der Waals surface area contributed by atoms with Crippen molar-refractivity contribution in [2.45, 2.75) is 0 Å². The van der Waals surface area contributed by atoms with Crippen LogP contribution in [0.25, 0.3) is 0 Å². The van der Waals surface area contributed by atoms with Gasteiger partial charge in [0.25, 0.3) is 5.91 Å². The van der Waals surface area contributed by atoms with Gasteiger partial charge in [-0.3, -0.25) is 4.79 Å². The Morgan fingerprint density at radius 1 is 1.29 bits per heavy atom. The van der Waals surface area contributed by atoms with Gasteiger partial charge < -0.3 is 20.4 Å². The summed E-state index contributed by atoms with van der Waals surface area (Å²) in [7, 11) is 2.99. The fraction of sp³-hybridized carbons (Fsp3) is 0.154. The van der Waals surface area contributed by atoms with E-state index in [-0.39, 0.29) is 30.0 Å². The Bertz CT molecular complexity index is 652. The zero-order valence-corrected chi connectivity index (χ0v) is 12.3. The van der Waals surface area contributed by atoms with Gasteiger partial charge >= 0.3 is 5.97 Å². The molecule has 0 unspecified atom stereocenters. The first-order chi connectivity index (χ1) is 9.51. The van der Waals surface area contributed by atoms with Crippen LogP contribution in [-0.4, -0.2) is 28.5 Å². The highest BCUT2D eigenvalue weighted by molar-refractivity contribution is 6.02. The topological polar surface area (TPSA) is 99.2 Å². The molecule has 0 aliphatic heterocycles. The molecule has 3 N–H and O–H groups in total. The standard InChI is InChI=1S/C13H14N4O3.ClH/c1-17-7-10(14)16-11(17)12(18)15-9-5-3-8(4-6-9)13(19)20-2;/h3-7H,14H2,1-2H3,(H,15,18);1H. The average molecular weight is 311 g/mol. The molecule has 2 aromatic rings. The molecule has 0 saturated carbocycles. The number of nitrogens with one attached hydrogen (secondary N) is 1. The maximum atomic E-state index is 12.0. The van der Waals surface area contributed by atoms with Gasteiger partial charge in [-0.05, 0) is 24.3 Å². The molecule has 1 amide bonds. The highest BCUT2D eigenvalue weighted by Crippen LogP contribution is 2.12. The van der Waals surface area contributed by atoms with Crippen molar-refractivity contribution < 1.29 is 14.3 Å². The molecule has 21 heavy (non-hydrogen) atoms. The molecule has 0 atom stereocenters. The smallest absolute Gasteiger partial charge is 0.337 e. The summed E-state index contributed by atoms with van der Waals surface area (Å²) in [6.45, 7) is 0. The summed E-state index contributed by atoms with van der Waals surface area (Å²) in [6, 6.07) is 6.34. The molecule has 7 nitrogen and oxygen atoms in total. The van der Waals surface area contributed by atoms with Crippen molar-refractivity contribution >= 4 is 35.8 Å². The van der Waals surface area contributed by atoms with Crippen molar-refractivity contribution in [1.82, 2.24) is 9.55 Å². The van der Waals surface area contributed by atoms with Gasteiger partial charge in [0.1, 0.15) is 5.82 Å². The Labute approximate surface area is 127 Å². The van der Waals surface area contributed by atoms with Gasteiger partial charge in [-0.1, -0.05) is 0 Å². The molecule has 0 spiro atoms. The summed E-state index contributed by atoms with van der Waals surface area (Å²) in [6.07, 6.45) is 1.55. The second-order valence-corrected chi connectivity index (χ2v) is 4.12. The van der Waals surface area contributed by atoms with Crippen LogP contribution in [0.3, 0.4) is 0 Å². The van der Waals surface area contributed by atoms with E-state index in [0.29, 0.717) is 11.3 Å². The van der Waals surface area contributed by atoms with Gasteiger partial charge in [-0.25, -0.2) is 9.78 Å². The van der Waals surface area contributed by atoms with Crippen LogP contribution >= 0.6 is 12.4 Å². The van der Waals surface area contributed by atoms with Crippen LogP contribution in [0, 0.1) is 0 Å². The second kappa shape index (κ2) is 6.76.